The molecule has 6 nitrogen and oxygen atoms in total. The smallest absolute Gasteiger partial charge is 0.308 e. The summed E-state index contributed by atoms with van der Waals surface area (Å²) in [4.78, 5) is 36.1. The van der Waals surface area contributed by atoms with Crippen LogP contribution in [0.5, 0.6) is 0 Å². The Bertz CT molecular complexity index is 501. The Morgan fingerprint density at radius 2 is 1.74 bits per heavy atom. The fourth-order valence-corrected chi connectivity index (χ4v) is 3.90. The minimum atomic E-state index is -1.15. The predicted octanol–water partition coefficient (Wildman–Crippen LogP) is 3.29. The van der Waals surface area contributed by atoms with Gasteiger partial charge in [-0.25, -0.2) is 0 Å². The topological polar surface area (TPSA) is 89.9 Å². The van der Waals surface area contributed by atoms with Gasteiger partial charge in [-0.15, -0.1) is 0 Å². The SMILES string of the molecule is CC1CCCOC(=O)CC(O)C(C)(C)C(=O)C(C)[C@@H](OC=O)C(C)CCC1. The van der Waals surface area contributed by atoms with Gasteiger partial charge in [0.1, 0.15) is 11.9 Å². The van der Waals surface area contributed by atoms with E-state index >= 15 is 0 Å². The van der Waals surface area contributed by atoms with Crippen LogP contribution in [-0.2, 0) is 23.9 Å². The molecule has 4 unspecified atom stereocenters. The molecule has 1 fully saturated rings. The van der Waals surface area contributed by atoms with Crippen LogP contribution in [-0.4, -0.2) is 42.1 Å². The number of esters is 1. The highest BCUT2D eigenvalue weighted by atomic mass is 16.5. The van der Waals surface area contributed by atoms with Crippen molar-refractivity contribution in [3.63, 3.8) is 0 Å². The molecule has 1 saturated heterocycles. The molecule has 0 aromatic carbocycles. The first-order chi connectivity index (χ1) is 12.6. The first kappa shape index (κ1) is 23.6. The lowest BCUT2D eigenvalue weighted by Gasteiger charge is -2.35. The van der Waals surface area contributed by atoms with Gasteiger partial charge in [-0.05, 0) is 31.1 Å². The fourth-order valence-electron chi connectivity index (χ4n) is 3.90. The Labute approximate surface area is 163 Å². The van der Waals surface area contributed by atoms with Crippen molar-refractivity contribution in [2.75, 3.05) is 6.61 Å². The van der Waals surface area contributed by atoms with E-state index in [0.717, 1.165) is 32.1 Å². The third-order valence-electron chi connectivity index (χ3n) is 5.97. The number of hydrogen-bond acceptors (Lipinski definition) is 6. The standard InChI is InChI=1S/C21H36O6/c1-14-8-6-10-15(2)19(27-13-22)16(3)20(25)21(4,5)17(23)12-18(24)26-11-7-9-14/h13-17,19,23H,6-12H2,1-5H3/t14?,15?,16?,17?,19-/m0/s1. The molecule has 0 aromatic heterocycles. The van der Waals surface area contributed by atoms with Crippen LogP contribution in [0.2, 0.25) is 0 Å². The van der Waals surface area contributed by atoms with E-state index in [1.165, 1.54) is 0 Å². The molecule has 1 N–H and O–H groups in total. The maximum atomic E-state index is 13.1. The van der Waals surface area contributed by atoms with Crippen molar-refractivity contribution >= 4 is 18.2 Å². The van der Waals surface area contributed by atoms with Crippen LogP contribution in [0, 0.1) is 23.2 Å². The molecule has 1 aliphatic rings. The minimum absolute atomic E-state index is 0.0344. The molecule has 0 radical (unpaired) electrons. The Kier molecular flexibility index (Phi) is 9.43. The molecular formula is C21H36O6. The molecule has 0 amide bonds. The summed E-state index contributed by atoms with van der Waals surface area (Å²) in [6.07, 6.45) is 2.71. The van der Waals surface area contributed by atoms with Crippen LogP contribution in [0.15, 0.2) is 0 Å². The number of carbonyl (C=O) groups is 3. The van der Waals surface area contributed by atoms with Crippen molar-refractivity contribution in [1.29, 1.82) is 0 Å². The van der Waals surface area contributed by atoms with E-state index in [1.54, 1.807) is 20.8 Å². The zero-order chi connectivity index (χ0) is 20.6. The van der Waals surface area contributed by atoms with Crippen molar-refractivity contribution in [3.8, 4) is 0 Å². The van der Waals surface area contributed by atoms with Gasteiger partial charge in [-0.1, -0.05) is 47.5 Å². The van der Waals surface area contributed by atoms with Crippen molar-refractivity contribution < 1.29 is 29.0 Å². The summed E-state index contributed by atoms with van der Waals surface area (Å²) in [5.74, 6) is -0.743. The molecule has 0 spiro atoms. The first-order valence-corrected chi connectivity index (χ1v) is 10.1. The normalized spacial score (nSPS) is 34.5. The summed E-state index contributed by atoms with van der Waals surface area (Å²) in [7, 11) is 0. The van der Waals surface area contributed by atoms with Crippen molar-refractivity contribution in [2.24, 2.45) is 23.2 Å². The molecular weight excluding hydrogens is 348 g/mol. The van der Waals surface area contributed by atoms with Gasteiger partial charge in [-0.3, -0.25) is 14.4 Å². The number of cyclic esters (lactones) is 1. The molecule has 1 rings (SSSR count). The van der Waals surface area contributed by atoms with E-state index in [0.29, 0.717) is 19.0 Å². The maximum absolute atomic E-state index is 13.1. The summed E-state index contributed by atoms with van der Waals surface area (Å²) in [6, 6.07) is 0. The number of Topliss-reactive ketones (excluding diaryl/α,β-unsaturated/α-hetero) is 1. The number of ether oxygens (including phenoxy) is 2. The number of carbonyl (C=O) groups excluding carboxylic acids is 3. The van der Waals surface area contributed by atoms with Crippen molar-refractivity contribution in [1.82, 2.24) is 0 Å². The lowest BCUT2D eigenvalue weighted by atomic mass is 9.73. The summed E-state index contributed by atoms with van der Waals surface area (Å²) in [5.41, 5.74) is -1.14. The van der Waals surface area contributed by atoms with Gasteiger partial charge in [0.2, 0.25) is 0 Å². The Morgan fingerprint density at radius 3 is 2.37 bits per heavy atom. The number of hydrogen-bond donors (Lipinski definition) is 1. The van der Waals surface area contributed by atoms with Crippen LogP contribution in [0.4, 0.5) is 0 Å². The van der Waals surface area contributed by atoms with Gasteiger partial charge >= 0.3 is 5.97 Å². The lowest BCUT2D eigenvalue weighted by Crippen LogP contribution is -2.46. The zero-order valence-electron chi connectivity index (χ0n) is 17.4. The lowest BCUT2D eigenvalue weighted by molar-refractivity contribution is -0.153. The molecule has 5 atom stereocenters. The third kappa shape index (κ3) is 6.91. The second-order valence-electron chi connectivity index (χ2n) is 8.67. The van der Waals surface area contributed by atoms with Crippen LogP contribution in [0.25, 0.3) is 0 Å². The highest BCUT2D eigenvalue weighted by Crippen LogP contribution is 2.33. The molecule has 156 valence electrons. The number of aliphatic hydroxyl groups is 1. The fraction of sp³-hybridized carbons (Fsp3) is 0.857. The predicted molar refractivity (Wildman–Crippen MR) is 102 cm³/mol. The first-order valence-electron chi connectivity index (χ1n) is 10.1. The third-order valence-corrected chi connectivity index (χ3v) is 5.97. The van der Waals surface area contributed by atoms with Crippen LogP contribution < -0.4 is 0 Å². The number of rotatable bonds is 2. The van der Waals surface area contributed by atoms with E-state index in [9.17, 15) is 19.5 Å². The van der Waals surface area contributed by atoms with E-state index in [-0.39, 0.29) is 18.1 Å². The molecule has 0 aliphatic carbocycles. The van der Waals surface area contributed by atoms with Gasteiger partial charge in [0, 0.05) is 0 Å². The Hall–Kier alpha value is -1.43. The molecule has 6 heteroatoms. The monoisotopic (exact) mass is 384 g/mol. The molecule has 0 bridgehead atoms. The summed E-state index contributed by atoms with van der Waals surface area (Å²) in [5, 5.41) is 10.5. The Balaban J connectivity index is 3.03. The van der Waals surface area contributed by atoms with Crippen LogP contribution >= 0.6 is 0 Å². The van der Waals surface area contributed by atoms with E-state index in [1.807, 2.05) is 6.92 Å². The summed E-state index contributed by atoms with van der Waals surface area (Å²) in [6.45, 7) is 9.87. The van der Waals surface area contributed by atoms with E-state index in [4.69, 9.17) is 9.47 Å². The minimum Gasteiger partial charge on any atom is -0.466 e. The van der Waals surface area contributed by atoms with E-state index < -0.39 is 29.5 Å². The van der Waals surface area contributed by atoms with Crippen molar-refractivity contribution in [3.05, 3.63) is 0 Å². The highest BCUT2D eigenvalue weighted by molar-refractivity contribution is 5.88. The second-order valence-corrected chi connectivity index (χ2v) is 8.67. The van der Waals surface area contributed by atoms with E-state index in [2.05, 4.69) is 6.92 Å². The molecule has 1 aliphatic heterocycles. The van der Waals surface area contributed by atoms with Crippen LogP contribution in [0.1, 0.15) is 73.1 Å². The van der Waals surface area contributed by atoms with Crippen molar-refractivity contribution in [2.45, 2.75) is 85.4 Å². The molecule has 1 heterocycles. The maximum Gasteiger partial charge on any atom is 0.308 e. The number of ketones is 1. The highest BCUT2D eigenvalue weighted by Gasteiger charge is 2.43. The molecule has 27 heavy (non-hydrogen) atoms. The summed E-state index contributed by atoms with van der Waals surface area (Å²) < 4.78 is 10.5. The summed E-state index contributed by atoms with van der Waals surface area (Å²) >= 11 is 0. The molecule has 0 aromatic rings. The average Bonchev–Trinajstić information content (AvgIpc) is 2.61. The van der Waals surface area contributed by atoms with Crippen LogP contribution in [0.3, 0.4) is 0 Å². The Morgan fingerprint density at radius 1 is 1.11 bits per heavy atom. The quantitative estimate of drug-likeness (QED) is 0.580. The van der Waals surface area contributed by atoms with Gasteiger partial charge in [0.15, 0.2) is 0 Å². The average molecular weight is 385 g/mol. The van der Waals surface area contributed by atoms with Gasteiger partial charge in [0.05, 0.1) is 30.5 Å². The zero-order valence-corrected chi connectivity index (χ0v) is 17.4. The van der Waals surface area contributed by atoms with Gasteiger partial charge in [0.25, 0.3) is 6.47 Å². The number of aliphatic hydroxyl groups excluding tert-OH is 1. The second kappa shape index (κ2) is 10.8. The molecule has 0 saturated carbocycles. The van der Waals surface area contributed by atoms with Gasteiger partial charge in [-0.2, -0.15) is 0 Å². The van der Waals surface area contributed by atoms with Gasteiger partial charge < -0.3 is 14.6 Å². The largest absolute Gasteiger partial charge is 0.466 e.